The molecule has 8 heteroatoms. The Hall–Kier alpha value is -3.32. The van der Waals surface area contributed by atoms with Gasteiger partial charge in [-0.2, -0.15) is 9.78 Å². The summed E-state index contributed by atoms with van der Waals surface area (Å²) < 4.78 is 6.71. The molecule has 0 unspecified atom stereocenters. The van der Waals surface area contributed by atoms with Crippen molar-refractivity contribution in [3.05, 3.63) is 76.2 Å². The van der Waals surface area contributed by atoms with E-state index in [0.717, 1.165) is 5.69 Å². The van der Waals surface area contributed by atoms with E-state index in [9.17, 15) is 9.59 Å². The average molecular weight is 411 g/mol. The number of carbonyl (C=O) groups excluding carboxylic acids is 1. The van der Waals surface area contributed by atoms with Crippen LogP contribution in [0.15, 0.2) is 65.6 Å². The highest BCUT2D eigenvalue weighted by molar-refractivity contribution is 6.32. The van der Waals surface area contributed by atoms with Gasteiger partial charge in [-0.1, -0.05) is 41.9 Å². The SMILES string of the molecule is O=C1COc2ccccc2N1CCCNc1cnn(-c2ccccc2)c(=O)c1Cl. The number of aromatic nitrogens is 2. The van der Waals surface area contributed by atoms with E-state index in [1.165, 1.54) is 10.9 Å². The van der Waals surface area contributed by atoms with Crippen LogP contribution in [0.5, 0.6) is 5.75 Å². The predicted octanol–water partition coefficient (Wildman–Crippen LogP) is 3.11. The highest BCUT2D eigenvalue weighted by atomic mass is 35.5. The van der Waals surface area contributed by atoms with Gasteiger partial charge in [0.2, 0.25) is 0 Å². The van der Waals surface area contributed by atoms with Crippen LogP contribution >= 0.6 is 11.6 Å². The number of halogens is 1. The standard InChI is InChI=1S/C21H19ClN4O3/c22-20-16(13-24-26(21(20)28)15-7-2-1-3-8-15)23-11-6-12-25-17-9-4-5-10-18(17)29-14-19(25)27/h1-5,7-10,13,23H,6,11-12,14H2. The Kier molecular flexibility index (Phi) is 5.48. The summed E-state index contributed by atoms with van der Waals surface area (Å²) >= 11 is 6.25. The Balaban J connectivity index is 1.40. The fourth-order valence-corrected chi connectivity index (χ4v) is 3.36. The van der Waals surface area contributed by atoms with Crippen LogP contribution in [0, 0.1) is 0 Å². The molecule has 0 atom stereocenters. The van der Waals surface area contributed by atoms with Gasteiger partial charge in [0.05, 0.1) is 23.3 Å². The molecule has 0 aliphatic carbocycles. The number of hydrogen-bond acceptors (Lipinski definition) is 5. The number of para-hydroxylation sites is 3. The van der Waals surface area contributed by atoms with Gasteiger partial charge in [0.15, 0.2) is 6.61 Å². The van der Waals surface area contributed by atoms with Crippen LogP contribution in [0.4, 0.5) is 11.4 Å². The first kappa shape index (κ1) is 19.0. The van der Waals surface area contributed by atoms with Gasteiger partial charge in [0, 0.05) is 13.1 Å². The van der Waals surface area contributed by atoms with E-state index in [2.05, 4.69) is 10.4 Å². The highest BCUT2D eigenvalue weighted by Crippen LogP contribution is 2.31. The Morgan fingerprint density at radius 1 is 1.07 bits per heavy atom. The number of fused-ring (bicyclic) bond motifs is 1. The normalized spacial score (nSPS) is 13.0. The molecule has 0 saturated heterocycles. The average Bonchev–Trinajstić information content (AvgIpc) is 2.76. The van der Waals surface area contributed by atoms with Crippen molar-refractivity contribution in [1.82, 2.24) is 9.78 Å². The molecule has 7 nitrogen and oxygen atoms in total. The van der Waals surface area contributed by atoms with E-state index < -0.39 is 0 Å². The van der Waals surface area contributed by atoms with E-state index in [4.69, 9.17) is 16.3 Å². The fraction of sp³-hybridized carbons (Fsp3) is 0.190. The number of anilines is 2. The van der Waals surface area contributed by atoms with Crippen molar-refractivity contribution in [3.8, 4) is 11.4 Å². The molecule has 1 amide bonds. The van der Waals surface area contributed by atoms with Gasteiger partial charge in [-0.3, -0.25) is 9.59 Å². The first-order chi connectivity index (χ1) is 14.1. The van der Waals surface area contributed by atoms with Gasteiger partial charge in [0.25, 0.3) is 11.5 Å². The number of ether oxygens (including phenoxy) is 1. The van der Waals surface area contributed by atoms with Crippen LogP contribution in [0.1, 0.15) is 6.42 Å². The molecule has 0 bridgehead atoms. The Morgan fingerprint density at radius 2 is 1.83 bits per heavy atom. The van der Waals surface area contributed by atoms with Crippen LogP contribution in [0.25, 0.3) is 5.69 Å². The monoisotopic (exact) mass is 410 g/mol. The van der Waals surface area contributed by atoms with E-state index in [1.807, 2.05) is 42.5 Å². The maximum atomic E-state index is 12.5. The van der Waals surface area contributed by atoms with Crippen molar-refractivity contribution in [2.45, 2.75) is 6.42 Å². The van der Waals surface area contributed by atoms with Gasteiger partial charge < -0.3 is 15.0 Å². The van der Waals surface area contributed by atoms with Crippen molar-refractivity contribution in [2.75, 3.05) is 29.9 Å². The van der Waals surface area contributed by atoms with Crippen LogP contribution < -0.4 is 20.5 Å². The molecule has 1 aliphatic heterocycles. The lowest BCUT2D eigenvalue weighted by molar-refractivity contribution is -0.121. The topological polar surface area (TPSA) is 76.5 Å². The zero-order chi connectivity index (χ0) is 20.2. The lowest BCUT2D eigenvalue weighted by Crippen LogP contribution is -2.39. The van der Waals surface area contributed by atoms with Crippen molar-refractivity contribution >= 4 is 28.9 Å². The quantitative estimate of drug-likeness (QED) is 0.632. The molecule has 2 aromatic carbocycles. The summed E-state index contributed by atoms with van der Waals surface area (Å²) in [4.78, 5) is 26.4. The van der Waals surface area contributed by atoms with Gasteiger partial charge in [0.1, 0.15) is 10.8 Å². The number of benzene rings is 2. The minimum atomic E-state index is -0.389. The number of rotatable bonds is 6. The van der Waals surface area contributed by atoms with Crippen molar-refractivity contribution in [3.63, 3.8) is 0 Å². The number of nitrogens with zero attached hydrogens (tertiary/aromatic N) is 3. The summed E-state index contributed by atoms with van der Waals surface area (Å²) in [6.45, 7) is 1.10. The number of hydrogen-bond donors (Lipinski definition) is 1. The molecule has 1 aliphatic rings. The van der Waals surface area contributed by atoms with Crippen LogP contribution in [0.2, 0.25) is 5.02 Å². The maximum absolute atomic E-state index is 12.5. The molecule has 4 rings (SSSR count). The summed E-state index contributed by atoms with van der Waals surface area (Å²) in [7, 11) is 0. The molecule has 0 saturated carbocycles. The Bertz CT molecular complexity index is 1080. The van der Waals surface area contributed by atoms with E-state index in [-0.39, 0.29) is 23.1 Å². The molecule has 3 aromatic rings. The zero-order valence-electron chi connectivity index (χ0n) is 15.5. The van der Waals surface area contributed by atoms with Crippen molar-refractivity contribution in [2.24, 2.45) is 0 Å². The van der Waals surface area contributed by atoms with Gasteiger partial charge in [-0.25, -0.2) is 0 Å². The molecular weight excluding hydrogens is 392 g/mol. The molecule has 29 heavy (non-hydrogen) atoms. The number of nitrogens with one attached hydrogen (secondary N) is 1. The largest absolute Gasteiger partial charge is 0.482 e. The molecular formula is C21H19ClN4O3. The second kappa shape index (κ2) is 8.36. The summed E-state index contributed by atoms with van der Waals surface area (Å²) in [5.74, 6) is 0.630. The third kappa shape index (κ3) is 3.95. The van der Waals surface area contributed by atoms with E-state index >= 15 is 0 Å². The van der Waals surface area contributed by atoms with Crippen LogP contribution in [-0.4, -0.2) is 35.4 Å². The predicted molar refractivity (Wildman–Crippen MR) is 112 cm³/mol. The van der Waals surface area contributed by atoms with Gasteiger partial charge >= 0.3 is 0 Å². The smallest absolute Gasteiger partial charge is 0.292 e. The lowest BCUT2D eigenvalue weighted by atomic mass is 10.2. The molecule has 1 N–H and O–H groups in total. The van der Waals surface area contributed by atoms with E-state index in [1.54, 1.807) is 17.0 Å². The van der Waals surface area contributed by atoms with Crippen molar-refractivity contribution < 1.29 is 9.53 Å². The first-order valence-electron chi connectivity index (χ1n) is 9.24. The summed E-state index contributed by atoms with van der Waals surface area (Å²) in [6.07, 6.45) is 2.20. The highest BCUT2D eigenvalue weighted by Gasteiger charge is 2.24. The summed E-state index contributed by atoms with van der Waals surface area (Å²) in [5, 5.41) is 7.41. The van der Waals surface area contributed by atoms with Crippen molar-refractivity contribution in [1.29, 1.82) is 0 Å². The minimum absolute atomic E-state index is 0.0396. The third-order valence-electron chi connectivity index (χ3n) is 4.60. The van der Waals surface area contributed by atoms with E-state index in [0.29, 0.717) is 36.6 Å². The molecule has 0 radical (unpaired) electrons. The number of carbonyl (C=O) groups is 1. The molecule has 0 fully saturated rings. The second-order valence-electron chi connectivity index (χ2n) is 6.51. The molecule has 0 spiro atoms. The summed E-state index contributed by atoms with van der Waals surface area (Å²) in [5.41, 5.74) is 1.50. The molecule has 1 aromatic heterocycles. The molecule has 148 valence electrons. The maximum Gasteiger partial charge on any atom is 0.292 e. The molecule has 2 heterocycles. The van der Waals surface area contributed by atoms with Gasteiger partial charge in [-0.15, -0.1) is 0 Å². The van der Waals surface area contributed by atoms with Crippen LogP contribution in [0.3, 0.4) is 0 Å². The van der Waals surface area contributed by atoms with Crippen LogP contribution in [-0.2, 0) is 4.79 Å². The fourth-order valence-electron chi connectivity index (χ4n) is 3.17. The summed E-state index contributed by atoms with van der Waals surface area (Å²) in [6, 6.07) is 16.6. The Labute approximate surface area is 172 Å². The van der Waals surface area contributed by atoms with Gasteiger partial charge in [-0.05, 0) is 30.7 Å². The third-order valence-corrected chi connectivity index (χ3v) is 4.97. The minimum Gasteiger partial charge on any atom is -0.482 e. The Morgan fingerprint density at radius 3 is 2.66 bits per heavy atom. The lowest BCUT2D eigenvalue weighted by Gasteiger charge is -2.29. The second-order valence-corrected chi connectivity index (χ2v) is 6.88. The number of amides is 1. The zero-order valence-corrected chi connectivity index (χ0v) is 16.3. The first-order valence-corrected chi connectivity index (χ1v) is 9.62.